The van der Waals surface area contributed by atoms with Crippen LogP contribution in [0.15, 0.2) is 59.0 Å². The molecule has 1 aliphatic heterocycles. The molecule has 2 N–H and O–H groups in total. The van der Waals surface area contributed by atoms with Crippen LogP contribution in [0.5, 0.6) is 0 Å². The first kappa shape index (κ1) is 21.4. The first-order valence-electron chi connectivity index (χ1n) is 10.9. The van der Waals surface area contributed by atoms with E-state index >= 15 is 0 Å². The molecule has 8 heteroatoms. The molecule has 0 radical (unpaired) electrons. The predicted molar refractivity (Wildman–Crippen MR) is 128 cm³/mol. The molecular weight excluding hydrogens is 434 g/mol. The van der Waals surface area contributed by atoms with Gasteiger partial charge in [-0.25, -0.2) is 14.7 Å². The number of aromatic nitrogens is 1. The minimum absolute atomic E-state index is 0.0524. The lowest BCUT2D eigenvalue weighted by atomic mass is 10.1. The predicted octanol–water partition coefficient (Wildman–Crippen LogP) is 5.12. The molecule has 0 fully saturated rings. The molecule has 8 nitrogen and oxygen atoms in total. The van der Waals surface area contributed by atoms with Crippen LogP contribution in [0.1, 0.15) is 50.0 Å². The summed E-state index contributed by atoms with van der Waals surface area (Å²) < 4.78 is 6.03. The Hall–Kier alpha value is -4.46. The Kier molecular flexibility index (Phi) is 5.13. The van der Waals surface area contributed by atoms with Crippen LogP contribution in [-0.2, 0) is 0 Å². The van der Waals surface area contributed by atoms with Gasteiger partial charge < -0.3 is 14.8 Å². The molecule has 0 aliphatic carbocycles. The van der Waals surface area contributed by atoms with Gasteiger partial charge in [0.15, 0.2) is 5.58 Å². The van der Waals surface area contributed by atoms with Crippen LogP contribution >= 0.6 is 0 Å². The van der Waals surface area contributed by atoms with Crippen molar-refractivity contribution in [2.45, 2.75) is 20.3 Å². The van der Waals surface area contributed by atoms with Crippen LogP contribution < -0.4 is 10.2 Å². The van der Waals surface area contributed by atoms with Crippen molar-refractivity contribution in [2.24, 2.45) is 0 Å². The smallest absolute Gasteiger partial charge is 0.335 e. The Morgan fingerprint density at radius 3 is 2.56 bits per heavy atom. The summed E-state index contributed by atoms with van der Waals surface area (Å²) in [5.41, 5.74) is 4.27. The second-order valence-corrected chi connectivity index (χ2v) is 8.11. The maximum Gasteiger partial charge on any atom is 0.335 e. The monoisotopic (exact) mass is 455 g/mol. The van der Waals surface area contributed by atoms with Gasteiger partial charge in [-0.15, -0.1) is 0 Å². The Balaban J connectivity index is 1.61. The second-order valence-electron chi connectivity index (χ2n) is 8.11. The quantitative estimate of drug-likeness (QED) is 0.388. The van der Waals surface area contributed by atoms with Crippen molar-refractivity contribution in [3.63, 3.8) is 0 Å². The summed E-state index contributed by atoms with van der Waals surface area (Å²) in [6, 6.07) is 14.8. The molecule has 0 unspecified atom stereocenters. The van der Waals surface area contributed by atoms with Gasteiger partial charge in [0.2, 0.25) is 5.89 Å². The highest BCUT2D eigenvalue weighted by Gasteiger charge is 2.37. The fraction of sp³-hybridized carbons (Fsp3) is 0.154. The van der Waals surface area contributed by atoms with E-state index in [1.54, 1.807) is 18.2 Å². The Labute approximate surface area is 194 Å². The number of aromatic carboxylic acids is 1. The molecule has 1 aromatic heterocycles. The number of oxazole rings is 1. The van der Waals surface area contributed by atoms with Crippen LogP contribution in [0, 0.1) is 6.92 Å². The molecule has 5 rings (SSSR count). The number of hydrogen-bond donors (Lipinski definition) is 2. The van der Waals surface area contributed by atoms with E-state index in [1.807, 2.05) is 32.0 Å². The summed E-state index contributed by atoms with van der Waals surface area (Å²) in [5, 5.41) is 12.6. The van der Waals surface area contributed by atoms with Gasteiger partial charge in [-0.2, -0.15) is 0 Å². The number of benzene rings is 3. The standard InChI is InChI=1S/C26H21N3O5/c1-3-11-27-20-10-8-16(13-19(20)23-28-22-14(2)5-4-6-21(22)34-23)29-24(30)17-9-7-15(26(32)33)12-18(17)25(29)31/h4-10,12-13,27H,3,11H2,1-2H3,(H,32,33). The number of nitrogens with zero attached hydrogens (tertiary/aromatic N) is 2. The van der Waals surface area contributed by atoms with E-state index in [0.717, 1.165) is 34.6 Å². The largest absolute Gasteiger partial charge is 0.478 e. The van der Waals surface area contributed by atoms with Gasteiger partial charge in [0.1, 0.15) is 5.52 Å². The van der Waals surface area contributed by atoms with Gasteiger partial charge in [0, 0.05) is 12.2 Å². The van der Waals surface area contributed by atoms with Gasteiger partial charge in [0.05, 0.1) is 27.9 Å². The van der Waals surface area contributed by atoms with E-state index in [2.05, 4.69) is 10.3 Å². The highest BCUT2D eigenvalue weighted by Crippen LogP contribution is 2.37. The molecule has 0 saturated carbocycles. The lowest BCUT2D eigenvalue weighted by Crippen LogP contribution is -2.29. The Morgan fingerprint density at radius 1 is 1.03 bits per heavy atom. The fourth-order valence-corrected chi connectivity index (χ4v) is 4.07. The maximum atomic E-state index is 13.1. The molecule has 34 heavy (non-hydrogen) atoms. The lowest BCUT2D eigenvalue weighted by Gasteiger charge is -2.17. The molecule has 3 aromatic carbocycles. The SMILES string of the molecule is CCCNc1ccc(N2C(=O)c3ccc(C(=O)O)cc3C2=O)cc1-c1nc2c(C)cccc2o1. The molecular formula is C26H21N3O5. The third kappa shape index (κ3) is 3.40. The molecule has 170 valence electrons. The summed E-state index contributed by atoms with van der Waals surface area (Å²) >= 11 is 0. The van der Waals surface area contributed by atoms with E-state index < -0.39 is 17.8 Å². The topological polar surface area (TPSA) is 113 Å². The summed E-state index contributed by atoms with van der Waals surface area (Å²) in [6.45, 7) is 4.72. The summed E-state index contributed by atoms with van der Waals surface area (Å²) in [7, 11) is 0. The highest BCUT2D eigenvalue weighted by molar-refractivity contribution is 6.34. The van der Waals surface area contributed by atoms with Crippen LogP contribution in [0.25, 0.3) is 22.6 Å². The zero-order valence-electron chi connectivity index (χ0n) is 18.6. The van der Waals surface area contributed by atoms with Crippen LogP contribution in [0.2, 0.25) is 0 Å². The number of carboxylic acid groups (broad SMARTS) is 1. The average Bonchev–Trinajstić information content (AvgIpc) is 3.37. The second kappa shape index (κ2) is 8.15. The Morgan fingerprint density at radius 2 is 1.82 bits per heavy atom. The van der Waals surface area contributed by atoms with E-state index in [0.29, 0.717) is 22.7 Å². The van der Waals surface area contributed by atoms with E-state index in [1.165, 1.54) is 18.2 Å². The normalized spacial score (nSPS) is 12.9. The Bertz CT molecular complexity index is 1490. The van der Waals surface area contributed by atoms with E-state index in [4.69, 9.17) is 4.42 Å². The number of nitrogens with one attached hydrogen (secondary N) is 1. The molecule has 0 bridgehead atoms. The molecule has 0 atom stereocenters. The molecule has 2 amide bonds. The number of imide groups is 1. The summed E-state index contributed by atoms with van der Waals surface area (Å²) in [5.74, 6) is -1.88. The minimum atomic E-state index is -1.17. The first-order chi connectivity index (χ1) is 16.4. The molecule has 0 spiro atoms. The summed E-state index contributed by atoms with van der Waals surface area (Å²) in [4.78, 5) is 43.3. The van der Waals surface area contributed by atoms with Crippen molar-refractivity contribution in [1.82, 2.24) is 4.98 Å². The zero-order chi connectivity index (χ0) is 24.0. The van der Waals surface area contributed by atoms with Crippen molar-refractivity contribution in [2.75, 3.05) is 16.8 Å². The molecule has 2 heterocycles. The summed E-state index contributed by atoms with van der Waals surface area (Å²) in [6.07, 6.45) is 0.901. The van der Waals surface area contributed by atoms with Crippen molar-refractivity contribution in [1.29, 1.82) is 0 Å². The van der Waals surface area contributed by atoms with Crippen molar-refractivity contribution in [3.05, 3.63) is 76.9 Å². The van der Waals surface area contributed by atoms with E-state index in [-0.39, 0.29) is 16.7 Å². The van der Waals surface area contributed by atoms with Gasteiger partial charge in [-0.3, -0.25) is 9.59 Å². The third-order valence-corrected chi connectivity index (χ3v) is 5.81. The molecule has 4 aromatic rings. The molecule has 1 aliphatic rings. The zero-order valence-corrected chi connectivity index (χ0v) is 18.6. The van der Waals surface area contributed by atoms with Crippen LogP contribution in [0.4, 0.5) is 11.4 Å². The molecule has 0 saturated heterocycles. The maximum absolute atomic E-state index is 13.1. The van der Waals surface area contributed by atoms with Crippen molar-refractivity contribution < 1.29 is 23.9 Å². The number of amides is 2. The number of carbonyl (C=O) groups is 3. The average molecular weight is 455 g/mol. The minimum Gasteiger partial charge on any atom is -0.478 e. The number of carbonyl (C=O) groups excluding carboxylic acids is 2. The van der Waals surface area contributed by atoms with Gasteiger partial charge in [-0.05, 0) is 61.4 Å². The van der Waals surface area contributed by atoms with Gasteiger partial charge >= 0.3 is 5.97 Å². The fourth-order valence-electron chi connectivity index (χ4n) is 4.07. The first-order valence-corrected chi connectivity index (χ1v) is 10.9. The number of carboxylic acids is 1. The number of aryl methyl sites for hydroxylation is 1. The number of fused-ring (bicyclic) bond motifs is 2. The van der Waals surface area contributed by atoms with E-state index in [9.17, 15) is 19.5 Å². The lowest BCUT2D eigenvalue weighted by molar-refractivity contribution is 0.0696. The van der Waals surface area contributed by atoms with Gasteiger partial charge in [-0.1, -0.05) is 19.1 Å². The van der Waals surface area contributed by atoms with Crippen molar-refractivity contribution >= 4 is 40.3 Å². The number of rotatable bonds is 6. The number of para-hydroxylation sites is 1. The van der Waals surface area contributed by atoms with Gasteiger partial charge in [0.25, 0.3) is 11.8 Å². The van der Waals surface area contributed by atoms with Crippen LogP contribution in [-0.4, -0.2) is 34.4 Å². The van der Waals surface area contributed by atoms with Crippen LogP contribution in [0.3, 0.4) is 0 Å². The number of hydrogen-bond acceptors (Lipinski definition) is 6. The highest BCUT2D eigenvalue weighted by atomic mass is 16.4. The van der Waals surface area contributed by atoms with Crippen molar-refractivity contribution in [3.8, 4) is 11.5 Å². The third-order valence-electron chi connectivity index (χ3n) is 5.81. The number of anilines is 2.